The molecule has 65 heavy (non-hydrogen) atoms. The largest absolute Gasteiger partial charge is 0.462 e. The SMILES string of the molecule is CC(C)/C=N\OC(C)C.CC(C)NC(=O)NC(C)C.CC(C)NS(=O)(=O)C(C)C.CC(C)OC(=O)CSC(C)C.CC(C)SC1CC(=O)N(C(C)C)C1=O.CC(C)c1cn(C(C)C)nn1. The van der Waals surface area contributed by atoms with Gasteiger partial charge in [0.2, 0.25) is 21.8 Å². The van der Waals surface area contributed by atoms with Crippen molar-refractivity contribution in [3.63, 3.8) is 0 Å². The highest BCUT2D eigenvalue weighted by atomic mass is 32.2. The Labute approximate surface area is 404 Å². The van der Waals surface area contributed by atoms with E-state index in [1.807, 2.05) is 94.0 Å². The normalized spacial score (nSPS) is 13.9. The molecular weight excluding hydrogens is 889 g/mol. The maximum atomic E-state index is 11.8. The number of carbonyl (C=O) groups excluding carboxylic acids is 4. The van der Waals surface area contributed by atoms with Crippen LogP contribution in [-0.4, -0.2) is 121 Å². The first-order valence-electron chi connectivity index (χ1n) is 23.1. The summed E-state index contributed by atoms with van der Waals surface area (Å²) in [6, 6.07) is 0.720. The molecule has 0 spiro atoms. The fourth-order valence-electron chi connectivity index (χ4n) is 4.25. The molecule has 1 saturated heterocycles. The van der Waals surface area contributed by atoms with Crippen LogP contribution in [0.3, 0.4) is 0 Å². The van der Waals surface area contributed by atoms with Gasteiger partial charge in [-0.3, -0.25) is 19.3 Å². The van der Waals surface area contributed by atoms with E-state index < -0.39 is 10.0 Å². The predicted octanol–water partition coefficient (Wildman–Crippen LogP) is 9.60. The van der Waals surface area contributed by atoms with Crippen molar-refractivity contribution in [3.05, 3.63) is 11.9 Å². The van der Waals surface area contributed by atoms with Gasteiger partial charge in [0.1, 0.15) is 6.10 Å². The Balaban J connectivity index is -0.000000346. The number of ether oxygens (including phenoxy) is 1. The lowest BCUT2D eigenvalue weighted by Crippen LogP contribution is -2.42. The quantitative estimate of drug-likeness (QED) is 0.0578. The molecule has 1 aliphatic rings. The second-order valence-electron chi connectivity index (χ2n) is 18.8. The first-order valence-corrected chi connectivity index (χ1v) is 26.6. The van der Waals surface area contributed by atoms with Crippen molar-refractivity contribution in [2.24, 2.45) is 11.1 Å². The average molecular weight is 984 g/mol. The Bertz CT molecular complexity index is 1530. The van der Waals surface area contributed by atoms with Gasteiger partial charge < -0.3 is 20.2 Å². The molecule has 1 unspecified atom stereocenters. The zero-order valence-electron chi connectivity index (χ0n) is 44.8. The molecule has 2 rings (SSSR count). The lowest BCUT2D eigenvalue weighted by molar-refractivity contribution is -0.144. The third kappa shape index (κ3) is 41.1. The number of nitrogens with one attached hydrogen (secondary N) is 3. The zero-order chi connectivity index (χ0) is 51.9. The summed E-state index contributed by atoms with van der Waals surface area (Å²) in [6.45, 7) is 46.8. The number of rotatable bonds is 17. The molecule has 3 N–H and O–H groups in total. The number of thioether (sulfide) groups is 2. The molecular formula is C46H94N8O8S3. The minimum absolute atomic E-state index is 0.00670. The van der Waals surface area contributed by atoms with Gasteiger partial charge in [-0.25, -0.2) is 22.6 Å². The minimum Gasteiger partial charge on any atom is -0.462 e. The number of aromatic nitrogens is 3. The first kappa shape index (κ1) is 68.7. The molecule has 1 atom stereocenters. The monoisotopic (exact) mass is 983 g/mol. The minimum atomic E-state index is -3.05. The van der Waals surface area contributed by atoms with E-state index in [1.165, 1.54) is 4.90 Å². The van der Waals surface area contributed by atoms with E-state index in [0.717, 1.165) is 5.69 Å². The van der Waals surface area contributed by atoms with Crippen LogP contribution in [0.4, 0.5) is 4.79 Å². The third-order valence-corrected chi connectivity index (χ3v) is 11.5. The summed E-state index contributed by atoms with van der Waals surface area (Å²) in [5, 5.41) is 17.6. The lowest BCUT2D eigenvalue weighted by atomic mass is 10.2. The van der Waals surface area contributed by atoms with Crippen molar-refractivity contribution in [2.75, 3.05) is 5.75 Å². The Hall–Kier alpha value is -2.90. The summed E-state index contributed by atoms with van der Waals surface area (Å²) >= 11 is 3.19. The van der Waals surface area contributed by atoms with Crippen molar-refractivity contribution < 1.29 is 37.2 Å². The lowest BCUT2D eigenvalue weighted by Gasteiger charge is -2.19. The van der Waals surface area contributed by atoms with Gasteiger partial charge in [0, 0.05) is 49.0 Å². The van der Waals surface area contributed by atoms with Crippen molar-refractivity contribution in [1.82, 2.24) is 35.2 Å². The van der Waals surface area contributed by atoms with E-state index in [4.69, 9.17) is 9.57 Å². The van der Waals surface area contributed by atoms with Gasteiger partial charge in [-0.2, -0.15) is 0 Å². The average Bonchev–Trinajstić information content (AvgIpc) is 3.71. The Morgan fingerprint density at radius 2 is 1.28 bits per heavy atom. The summed E-state index contributed by atoms with van der Waals surface area (Å²) in [4.78, 5) is 51.4. The molecule has 1 aromatic heterocycles. The smallest absolute Gasteiger partial charge is 0.316 e. The topological polar surface area (TPSA) is 203 Å². The summed E-state index contributed by atoms with van der Waals surface area (Å²) < 4.78 is 31.4. The van der Waals surface area contributed by atoms with Crippen LogP contribution in [0.2, 0.25) is 0 Å². The number of nitrogens with zero attached hydrogens (tertiary/aromatic N) is 5. The molecule has 1 aromatic rings. The summed E-state index contributed by atoms with van der Waals surface area (Å²) in [5.41, 5.74) is 1.07. The summed E-state index contributed by atoms with van der Waals surface area (Å²) in [6.07, 6.45) is 4.38. The highest BCUT2D eigenvalue weighted by Crippen LogP contribution is 2.29. The maximum Gasteiger partial charge on any atom is 0.316 e. The Morgan fingerprint density at radius 3 is 1.55 bits per heavy atom. The molecule has 2 heterocycles. The van der Waals surface area contributed by atoms with Crippen LogP contribution < -0.4 is 15.4 Å². The highest BCUT2D eigenvalue weighted by molar-refractivity contribution is 8.01. The van der Waals surface area contributed by atoms with Crippen LogP contribution in [0.25, 0.3) is 0 Å². The second kappa shape index (κ2) is 37.1. The number of imide groups is 1. The van der Waals surface area contributed by atoms with Gasteiger partial charge >= 0.3 is 12.0 Å². The standard InChI is InChI=1S/C10H17NO2S.C8H15N3.C8H16O2S.C7H16N2O.C7H15NO.C6H15NO2S/c1-6(2)11-9(12)5-8(10(11)13)14-7(3)4;1-6(2)8-5-11(7(3)4)10-9-8;1-6(2)10-8(9)5-11-7(3)4;1-5(2)8-7(10)9-6(3)4;1-6(2)5-8-9-7(3)4;1-5(2)7-10(8,9)6(3)4/h6-8H,5H2,1-4H3;5-7H,1-4H3;6-7H,5H2,1-4H3;5-6H,1-4H3,(H2,8,9,10);5-7H,1-4H3;5-7H,1-4H3/b;;;;8-5-;. The summed E-state index contributed by atoms with van der Waals surface area (Å²) in [5.74, 6) is 1.27. The molecule has 0 aromatic carbocycles. The number of esters is 1. The number of oxime groups is 1. The van der Waals surface area contributed by atoms with Crippen LogP contribution in [0, 0.1) is 5.92 Å². The number of likely N-dealkylation sites (tertiary alicyclic amines) is 1. The molecule has 0 bridgehead atoms. The molecule has 16 nitrogen and oxygen atoms in total. The number of carbonyl (C=O) groups is 4. The zero-order valence-corrected chi connectivity index (χ0v) is 47.3. The first-order chi connectivity index (χ1) is 29.6. The van der Waals surface area contributed by atoms with E-state index >= 15 is 0 Å². The van der Waals surface area contributed by atoms with Gasteiger partial charge in [-0.15, -0.1) is 28.6 Å². The Kier molecular flexibility index (Phi) is 39.2. The third-order valence-electron chi connectivity index (χ3n) is 7.14. The van der Waals surface area contributed by atoms with E-state index in [9.17, 15) is 27.6 Å². The molecule has 19 heteroatoms. The van der Waals surface area contributed by atoms with E-state index in [2.05, 4.69) is 86.2 Å². The van der Waals surface area contributed by atoms with Gasteiger partial charge in [0.05, 0.1) is 28.1 Å². The molecule has 0 aliphatic carbocycles. The van der Waals surface area contributed by atoms with Crippen LogP contribution >= 0.6 is 23.5 Å². The molecule has 0 radical (unpaired) electrons. The number of hydrogen-bond donors (Lipinski definition) is 3. The fourth-order valence-corrected chi connectivity index (χ4v) is 6.84. The molecule has 384 valence electrons. The van der Waals surface area contributed by atoms with Crippen LogP contribution in [0.5, 0.6) is 0 Å². The number of hydrogen-bond acceptors (Lipinski definition) is 13. The predicted molar refractivity (Wildman–Crippen MR) is 275 cm³/mol. The van der Waals surface area contributed by atoms with Gasteiger partial charge in [-0.1, -0.05) is 65.8 Å². The number of sulfonamides is 1. The van der Waals surface area contributed by atoms with Gasteiger partial charge in [0.15, 0.2) is 0 Å². The molecule has 1 fully saturated rings. The van der Waals surface area contributed by atoms with Crippen molar-refractivity contribution >= 4 is 63.6 Å². The molecule has 0 saturated carbocycles. The van der Waals surface area contributed by atoms with Gasteiger partial charge in [0.25, 0.3) is 0 Å². The Morgan fingerprint density at radius 1 is 0.769 bits per heavy atom. The number of amides is 4. The van der Waals surface area contributed by atoms with Crippen LogP contribution in [-0.2, 0) is 34.0 Å². The van der Waals surface area contributed by atoms with E-state index in [0.29, 0.717) is 40.6 Å². The van der Waals surface area contributed by atoms with Crippen molar-refractivity contribution in [3.8, 4) is 0 Å². The maximum absolute atomic E-state index is 11.8. The highest BCUT2D eigenvalue weighted by Gasteiger charge is 2.40. The van der Waals surface area contributed by atoms with Crippen LogP contribution in [0.1, 0.15) is 190 Å². The molecule has 1 aliphatic heterocycles. The summed E-state index contributed by atoms with van der Waals surface area (Å²) in [7, 11) is -3.05. The van der Waals surface area contributed by atoms with Crippen molar-refractivity contribution in [1.29, 1.82) is 0 Å². The van der Waals surface area contributed by atoms with E-state index in [-0.39, 0.29) is 70.7 Å². The second-order valence-corrected chi connectivity index (χ2v) is 24.4. The molecule has 4 amide bonds. The van der Waals surface area contributed by atoms with Crippen molar-refractivity contribution in [2.45, 2.75) is 242 Å². The fraction of sp³-hybridized carbons (Fsp3) is 0.848. The van der Waals surface area contributed by atoms with E-state index in [1.54, 1.807) is 57.4 Å². The van der Waals surface area contributed by atoms with Crippen LogP contribution in [0.15, 0.2) is 11.4 Å². The van der Waals surface area contributed by atoms with Gasteiger partial charge in [-0.05, 0) is 133 Å². The number of urea groups is 1.